The molecule has 0 heterocycles. The maximum atomic E-state index is 11.5. The van der Waals surface area contributed by atoms with E-state index in [1.807, 2.05) is 100 Å². The second-order valence-corrected chi connectivity index (χ2v) is 11.2. The minimum Gasteiger partial charge on any atom is -0.507 e. The lowest BCUT2D eigenvalue weighted by Gasteiger charge is -2.19. The second-order valence-electron chi connectivity index (χ2n) is 11.2. The van der Waals surface area contributed by atoms with Crippen molar-refractivity contribution in [1.82, 2.24) is 0 Å². The highest BCUT2D eigenvalue weighted by molar-refractivity contribution is 5.53. The van der Waals surface area contributed by atoms with Gasteiger partial charge >= 0.3 is 0 Å². The summed E-state index contributed by atoms with van der Waals surface area (Å²) in [5.74, 6) is 2.21. The summed E-state index contributed by atoms with van der Waals surface area (Å²) < 4.78 is 12.4. The van der Waals surface area contributed by atoms with E-state index in [4.69, 9.17) is 9.47 Å². The van der Waals surface area contributed by atoms with E-state index >= 15 is 0 Å². The van der Waals surface area contributed by atoms with Gasteiger partial charge in [-0.15, -0.1) is 0 Å². The van der Waals surface area contributed by atoms with Crippen molar-refractivity contribution in [2.45, 2.75) is 53.4 Å². The van der Waals surface area contributed by atoms with E-state index in [1.54, 1.807) is 0 Å². The zero-order chi connectivity index (χ0) is 30.2. The Morgan fingerprint density at radius 1 is 0.571 bits per heavy atom. The van der Waals surface area contributed by atoms with E-state index in [-0.39, 0.29) is 5.75 Å². The number of phenols is 2. The van der Waals surface area contributed by atoms with Crippen LogP contribution in [0.25, 0.3) is 0 Å². The number of benzene rings is 4. The van der Waals surface area contributed by atoms with Crippen molar-refractivity contribution in [2.75, 3.05) is 13.2 Å². The van der Waals surface area contributed by atoms with Crippen LogP contribution in [0.3, 0.4) is 0 Å². The standard InChI is InChI=1S/C38H42O4/c1-7-28-13-9-14-29(35(28)39)21-33-18-11-19-34(38(33)42-24-26(4)5)22-31-16-10-15-30(36(31)40)20-32-17-8-12-27(6)37(32)41-23-25(2)3/h8-19,39-40H,2,4,7,20-24H2,1,3,5-6H3. The molecule has 4 rings (SSSR count). The normalized spacial score (nSPS) is 10.9. The smallest absolute Gasteiger partial charge is 0.126 e. The van der Waals surface area contributed by atoms with Crippen LogP contribution in [0, 0.1) is 6.92 Å². The molecule has 0 aliphatic heterocycles. The predicted octanol–water partition coefficient (Wildman–Crippen LogP) is 8.65. The molecule has 0 saturated carbocycles. The Hall–Kier alpha value is -4.44. The predicted molar refractivity (Wildman–Crippen MR) is 172 cm³/mol. The monoisotopic (exact) mass is 562 g/mol. The molecule has 0 unspecified atom stereocenters. The molecular formula is C38H42O4. The summed E-state index contributed by atoms with van der Waals surface area (Å²) in [6, 6.07) is 24.0. The Balaban J connectivity index is 1.67. The average Bonchev–Trinajstić information content (AvgIpc) is 2.95. The van der Waals surface area contributed by atoms with E-state index in [0.29, 0.717) is 38.2 Å². The van der Waals surface area contributed by atoms with Crippen LogP contribution in [-0.2, 0) is 25.7 Å². The van der Waals surface area contributed by atoms with Crippen LogP contribution in [0.15, 0.2) is 97.1 Å². The lowest BCUT2D eigenvalue weighted by Crippen LogP contribution is -2.06. The number of aryl methyl sites for hydroxylation is 2. The Kier molecular flexibility index (Phi) is 10.1. The lowest BCUT2D eigenvalue weighted by molar-refractivity contribution is 0.345. The topological polar surface area (TPSA) is 58.9 Å². The third kappa shape index (κ3) is 7.44. The van der Waals surface area contributed by atoms with E-state index in [1.165, 1.54) is 0 Å². The SMILES string of the molecule is C=C(C)COc1c(C)cccc1Cc1cccc(Cc2cccc(Cc3cccc(CC)c3O)c2OCC(=C)C)c1O. The number of rotatable bonds is 13. The first-order chi connectivity index (χ1) is 20.2. The van der Waals surface area contributed by atoms with Crippen molar-refractivity contribution < 1.29 is 19.7 Å². The molecule has 0 aliphatic rings. The molecule has 0 amide bonds. The molecule has 0 radical (unpaired) electrons. The summed E-state index contributed by atoms with van der Waals surface area (Å²) in [6.07, 6.45) is 2.33. The summed E-state index contributed by atoms with van der Waals surface area (Å²) >= 11 is 0. The third-order valence-electron chi connectivity index (χ3n) is 7.33. The molecule has 0 aromatic heterocycles. The van der Waals surface area contributed by atoms with Crippen LogP contribution in [0.5, 0.6) is 23.0 Å². The highest BCUT2D eigenvalue weighted by Gasteiger charge is 2.17. The molecule has 0 atom stereocenters. The third-order valence-corrected chi connectivity index (χ3v) is 7.33. The van der Waals surface area contributed by atoms with E-state index in [9.17, 15) is 10.2 Å². The molecule has 4 aromatic carbocycles. The van der Waals surface area contributed by atoms with Crippen LogP contribution < -0.4 is 9.47 Å². The van der Waals surface area contributed by atoms with Crippen LogP contribution in [0.2, 0.25) is 0 Å². The number of hydrogen-bond acceptors (Lipinski definition) is 4. The Labute approximate surface area is 250 Å². The average molecular weight is 563 g/mol. The molecule has 4 heteroatoms. The first-order valence-corrected chi connectivity index (χ1v) is 14.5. The Morgan fingerprint density at radius 3 is 1.38 bits per heavy atom. The van der Waals surface area contributed by atoms with Gasteiger partial charge in [-0.1, -0.05) is 92.9 Å². The van der Waals surface area contributed by atoms with E-state index in [2.05, 4.69) is 13.2 Å². The van der Waals surface area contributed by atoms with Crippen molar-refractivity contribution in [2.24, 2.45) is 0 Å². The number of phenolic OH excluding ortho intramolecular Hbond substituents is 2. The zero-order valence-corrected chi connectivity index (χ0v) is 25.3. The fourth-order valence-corrected chi connectivity index (χ4v) is 5.17. The van der Waals surface area contributed by atoms with Crippen LogP contribution in [0.4, 0.5) is 0 Å². The van der Waals surface area contributed by atoms with Gasteiger partial charge in [-0.2, -0.15) is 0 Å². The summed E-state index contributed by atoms with van der Waals surface area (Å²) in [6.45, 7) is 16.8. The molecule has 0 aliphatic carbocycles. The van der Waals surface area contributed by atoms with E-state index in [0.717, 1.165) is 73.6 Å². The second kappa shape index (κ2) is 14.0. The number of para-hydroxylation sites is 4. The largest absolute Gasteiger partial charge is 0.507 e. The van der Waals surface area contributed by atoms with Crippen molar-refractivity contribution >= 4 is 0 Å². The maximum absolute atomic E-state index is 11.5. The highest BCUT2D eigenvalue weighted by Crippen LogP contribution is 2.36. The summed E-state index contributed by atoms with van der Waals surface area (Å²) in [5.41, 5.74) is 9.32. The van der Waals surface area contributed by atoms with Gasteiger partial charge in [0.15, 0.2) is 0 Å². The molecular weight excluding hydrogens is 520 g/mol. The zero-order valence-electron chi connectivity index (χ0n) is 25.3. The molecule has 2 N–H and O–H groups in total. The van der Waals surface area contributed by atoms with Crippen molar-refractivity contribution in [3.8, 4) is 23.0 Å². The highest BCUT2D eigenvalue weighted by atomic mass is 16.5. The first kappa shape index (κ1) is 30.5. The first-order valence-electron chi connectivity index (χ1n) is 14.5. The minimum absolute atomic E-state index is 0.273. The summed E-state index contributed by atoms with van der Waals surface area (Å²) in [7, 11) is 0. The van der Waals surface area contributed by atoms with Gasteiger partial charge in [-0.05, 0) is 82.8 Å². The fourth-order valence-electron chi connectivity index (χ4n) is 5.17. The molecule has 42 heavy (non-hydrogen) atoms. The van der Waals surface area contributed by atoms with Gasteiger partial charge in [0.05, 0.1) is 0 Å². The van der Waals surface area contributed by atoms with E-state index < -0.39 is 0 Å². The lowest BCUT2D eigenvalue weighted by atomic mass is 9.93. The quantitative estimate of drug-likeness (QED) is 0.160. The molecule has 4 nitrogen and oxygen atoms in total. The van der Waals surface area contributed by atoms with Gasteiger partial charge in [0.2, 0.25) is 0 Å². The van der Waals surface area contributed by atoms with Gasteiger partial charge < -0.3 is 19.7 Å². The summed E-state index contributed by atoms with van der Waals surface area (Å²) in [4.78, 5) is 0. The molecule has 0 fully saturated rings. The minimum atomic E-state index is 0.273. The number of hydrogen-bond donors (Lipinski definition) is 2. The van der Waals surface area contributed by atoms with Crippen LogP contribution in [0.1, 0.15) is 65.3 Å². The van der Waals surface area contributed by atoms with Crippen molar-refractivity contribution in [1.29, 1.82) is 0 Å². The van der Waals surface area contributed by atoms with Crippen LogP contribution >= 0.6 is 0 Å². The van der Waals surface area contributed by atoms with Crippen molar-refractivity contribution in [3.63, 3.8) is 0 Å². The molecule has 0 bridgehead atoms. The molecule has 0 saturated heterocycles. The fraction of sp³-hybridized carbons (Fsp3) is 0.263. The van der Waals surface area contributed by atoms with Gasteiger partial charge in [-0.3, -0.25) is 0 Å². The summed E-state index contributed by atoms with van der Waals surface area (Å²) in [5, 5.41) is 22.3. The molecule has 4 aromatic rings. The van der Waals surface area contributed by atoms with Gasteiger partial charge in [0.25, 0.3) is 0 Å². The Bertz CT molecular complexity index is 1580. The van der Waals surface area contributed by atoms with Crippen molar-refractivity contribution in [3.05, 3.63) is 142 Å². The maximum Gasteiger partial charge on any atom is 0.126 e. The van der Waals surface area contributed by atoms with Gasteiger partial charge in [-0.25, -0.2) is 0 Å². The molecule has 0 spiro atoms. The Morgan fingerprint density at radius 2 is 0.929 bits per heavy atom. The number of aromatic hydroxyl groups is 2. The molecule has 218 valence electrons. The van der Waals surface area contributed by atoms with Crippen LogP contribution in [-0.4, -0.2) is 23.4 Å². The number of ether oxygens (including phenoxy) is 2. The van der Waals surface area contributed by atoms with Gasteiger partial charge in [0.1, 0.15) is 36.2 Å². The van der Waals surface area contributed by atoms with Gasteiger partial charge in [0, 0.05) is 19.3 Å².